The largest absolute Gasteiger partial charge is 0.504 e. The summed E-state index contributed by atoms with van der Waals surface area (Å²) in [5.74, 6) is -0.917. The number of allylic oxidation sites excluding steroid dienone is 2. The van der Waals surface area contributed by atoms with Crippen LogP contribution in [0.5, 0.6) is 23.0 Å². The number of hydrogen-bond donors (Lipinski definition) is 3. The van der Waals surface area contributed by atoms with Crippen LogP contribution in [0.3, 0.4) is 0 Å². The van der Waals surface area contributed by atoms with Crippen molar-refractivity contribution in [2.45, 2.75) is 13.3 Å². The fraction of sp³-hybridized carbons (Fsp3) is 0.174. The lowest BCUT2D eigenvalue weighted by atomic mass is 10.1. The van der Waals surface area contributed by atoms with Gasteiger partial charge in [0.05, 0.1) is 20.6 Å². The van der Waals surface area contributed by atoms with Crippen LogP contribution in [0, 0.1) is 0 Å². The molecule has 0 heterocycles. The zero-order valence-corrected chi connectivity index (χ0v) is 17.4. The van der Waals surface area contributed by atoms with Gasteiger partial charge in [-0.1, -0.05) is 24.3 Å². The van der Waals surface area contributed by atoms with Crippen molar-refractivity contribution in [1.82, 2.24) is 0 Å². The van der Waals surface area contributed by atoms with Gasteiger partial charge in [0.25, 0.3) is 5.97 Å². The van der Waals surface area contributed by atoms with Crippen molar-refractivity contribution in [1.29, 1.82) is 0 Å². The number of methoxy groups -OCH3 is 2. The number of aromatic hydroxyl groups is 2. The summed E-state index contributed by atoms with van der Waals surface area (Å²) in [6, 6.07) is 9.34. The average Bonchev–Trinajstić information content (AvgIpc) is 2.72. The van der Waals surface area contributed by atoms with E-state index in [9.17, 15) is 19.8 Å². The Morgan fingerprint density at radius 3 is 1.48 bits per heavy atom. The number of aliphatic carboxylic acids is 1. The van der Waals surface area contributed by atoms with Gasteiger partial charge in [-0.3, -0.25) is 14.4 Å². The van der Waals surface area contributed by atoms with E-state index in [0.717, 1.165) is 6.92 Å². The number of carboxylic acids is 1. The quantitative estimate of drug-likeness (QED) is 0.430. The zero-order valence-electron chi connectivity index (χ0n) is 17.4. The van der Waals surface area contributed by atoms with Gasteiger partial charge in [-0.25, -0.2) is 0 Å². The van der Waals surface area contributed by atoms with E-state index in [4.69, 9.17) is 19.4 Å². The molecule has 2 aromatic carbocycles. The Kier molecular flexibility index (Phi) is 10.1. The number of carbonyl (C=O) groups is 3. The van der Waals surface area contributed by atoms with Gasteiger partial charge in [0, 0.05) is 6.92 Å². The molecule has 0 saturated heterocycles. The van der Waals surface area contributed by atoms with Crippen molar-refractivity contribution in [3.8, 4) is 23.0 Å². The second kappa shape index (κ2) is 12.5. The lowest BCUT2D eigenvalue weighted by Crippen LogP contribution is -2.01. The Morgan fingerprint density at radius 1 is 0.806 bits per heavy atom. The molecule has 0 spiro atoms. The highest BCUT2D eigenvalue weighted by Gasteiger charge is 2.06. The first-order valence-corrected chi connectivity index (χ1v) is 9.01. The Morgan fingerprint density at radius 2 is 1.16 bits per heavy atom. The number of carbonyl (C=O) groups excluding carboxylic acids is 2. The fourth-order valence-electron chi connectivity index (χ4n) is 2.26. The van der Waals surface area contributed by atoms with Crippen LogP contribution in [-0.2, 0) is 14.4 Å². The number of hydrogen-bond acceptors (Lipinski definition) is 7. The first-order chi connectivity index (χ1) is 14.7. The number of phenolic OH excluding ortho intramolecular Hbond substituents is 2. The summed E-state index contributed by atoms with van der Waals surface area (Å²) in [5, 5.41) is 26.5. The third kappa shape index (κ3) is 9.31. The molecule has 0 amide bonds. The van der Waals surface area contributed by atoms with Crippen molar-refractivity contribution >= 4 is 29.7 Å². The standard InChI is InChI=1S/C21H20O6.C2H4O2/c1-26-20-11-14(5-9-18(20)24)3-7-16(22)13-17(23)8-4-15-6-10-19(25)21(12-15)27-2;1-2(3)4/h3-12,24-25H,13H2,1-2H3;1H3,(H,3,4)/b7-3+,8-4+;. The monoisotopic (exact) mass is 428 g/mol. The Bertz CT molecular complexity index is 912. The van der Waals surface area contributed by atoms with Crippen LogP contribution in [-0.4, -0.2) is 47.1 Å². The van der Waals surface area contributed by atoms with E-state index in [2.05, 4.69) is 0 Å². The molecule has 0 aliphatic heterocycles. The van der Waals surface area contributed by atoms with Crippen LogP contribution in [0.1, 0.15) is 24.5 Å². The molecule has 0 bridgehead atoms. The summed E-state index contributed by atoms with van der Waals surface area (Å²) in [7, 11) is 2.87. The van der Waals surface area contributed by atoms with Crippen molar-refractivity contribution in [3.63, 3.8) is 0 Å². The van der Waals surface area contributed by atoms with Gasteiger partial charge in [-0.05, 0) is 47.5 Å². The Balaban J connectivity index is 0.00000110. The molecule has 2 rings (SSSR count). The molecule has 8 heteroatoms. The lowest BCUT2D eigenvalue weighted by Gasteiger charge is -2.03. The molecule has 164 valence electrons. The van der Waals surface area contributed by atoms with Crippen LogP contribution in [0.15, 0.2) is 48.6 Å². The van der Waals surface area contributed by atoms with Gasteiger partial charge in [0.15, 0.2) is 34.6 Å². The number of phenols is 2. The maximum atomic E-state index is 11.9. The molecule has 2 aromatic rings. The van der Waals surface area contributed by atoms with E-state index < -0.39 is 5.97 Å². The van der Waals surface area contributed by atoms with Crippen LogP contribution >= 0.6 is 0 Å². The molecule has 0 atom stereocenters. The molecule has 0 aliphatic carbocycles. The van der Waals surface area contributed by atoms with Crippen LogP contribution in [0.4, 0.5) is 0 Å². The predicted octanol–water partition coefficient (Wildman–Crippen LogP) is 3.46. The molecule has 0 unspecified atom stereocenters. The van der Waals surface area contributed by atoms with E-state index in [1.165, 1.54) is 38.5 Å². The summed E-state index contributed by atoms with van der Waals surface area (Å²) in [6.45, 7) is 1.08. The Labute approximate surface area is 179 Å². The molecule has 0 saturated carbocycles. The molecule has 0 aromatic heterocycles. The van der Waals surface area contributed by atoms with Crippen LogP contribution < -0.4 is 9.47 Å². The maximum Gasteiger partial charge on any atom is 0.300 e. The third-order valence-corrected chi connectivity index (χ3v) is 3.68. The van der Waals surface area contributed by atoms with Gasteiger partial charge in [0.1, 0.15) is 0 Å². The number of carboxylic acid groups (broad SMARTS) is 1. The van der Waals surface area contributed by atoms with Crippen molar-refractivity contribution < 1.29 is 39.2 Å². The topological polar surface area (TPSA) is 130 Å². The van der Waals surface area contributed by atoms with Gasteiger partial charge >= 0.3 is 0 Å². The van der Waals surface area contributed by atoms with E-state index in [1.54, 1.807) is 36.4 Å². The van der Waals surface area contributed by atoms with Crippen LogP contribution in [0.2, 0.25) is 0 Å². The number of ether oxygens (including phenoxy) is 2. The fourth-order valence-corrected chi connectivity index (χ4v) is 2.26. The van der Waals surface area contributed by atoms with E-state index in [0.29, 0.717) is 22.6 Å². The van der Waals surface area contributed by atoms with E-state index in [1.807, 2.05) is 0 Å². The molecule has 31 heavy (non-hydrogen) atoms. The third-order valence-electron chi connectivity index (χ3n) is 3.68. The van der Waals surface area contributed by atoms with E-state index >= 15 is 0 Å². The summed E-state index contributed by atoms with van der Waals surface area (Å²) >= 11 is 0. The van der Waals surface area contributed by atoms with Crippen LogP contribution in [0.25, 0.3) is 12.2 Å². The highest BCUT2D eigenvalue weighted by molar-refractivity contribution is 6.10. The smallest absolute Gasteiger partial charge is 0.300 e. The molecule has 0 fully saturated rings. The average molecular weight is 428 g/mol. The van der Waals surface area contributed by atoms with Crippen molar-refractivity contribution in [3.05, 3.63) is 59.7 Å². The normalized spacial score (nSPS) is 10.4. The molecular weight excluding hydrogens is 404 g/mol. The zero-order chi connectivity index (χ0) is 23.4. The molecule has 0 aliphatic rings. The SMILES string of the molecule is CC(=O)O.COc1cc(/C=C/C(=O)CC(=O)/C=C/c2ccc(O)c(OC)c2)ccc1O. The summed E-state index contributed by atoms with van der Waals surface area (Å²) in [4.78, 5) is 32.9. The maximum absolute atomic E-state index is 11.9. The lowest BCUT2D eigenvalue weighted by molar-refractivity contribution is -0.134. The highest BCUT2D eigenvalue weighted by Crippen LogP contribution is 2.27. The van der Waals surface area contributed by atoms with Crippen molar-refractivity contribution in [2.24, 2.45) is 0 Å². The van der Waals surface area contributed by atoms with Gasteiger partial charge in [0.2, 0.25) is 0 Å². The minimum absolute atomic E-state index is 0.00662. The number of benzene rings is 2. The summed E-state index contributed by atoms with van der Waals surface area (Å²) in [6.07, 6.45) is 5.44. The summed E-state index contributed by atoms with van der Waals surface area (Å²) < 4.78 is 10.00. The minimum atomic E-state index is -0.833. The molecule has 8 nitrogen and oxygen atoms in total. The van der Waals surface area contributed by atoms with E-state index in [-0.39, 0.29) is 29.5 Å². The molecule has 3 N–H and O–H groups in total. The number of ketones is 2. The Hall–Kier alpha value is -4.07. The molecular formula is C23H24O8. The van der Waals surface area contributed by atoms with Gasteiger partial charge < -0.3 is 24.8 Å². The number of rotatable bonds is 8. The predicted molar refractivity (Wildman–Crippen MR) is 115 cm³/mol. The van der Waals surface area contributed by atoms with Crippen molar-refractivity contribution in [2.75, 3.05) is 14.2 Å². The van der Waals surface area contributed by atoms with Gasteiger partial charge in [-0.15, -0.1) is 0 Å². The first kappa shape index (κ1) is 25.0. The first-order valence-electron chi connectivity index (χ1n) is 9.01. The van der Waals surface area contributed by atoms with Gasteiger partial charge in [-0.2, -0.15) is 0 Å². The second-order valence-corrected chi connectivity index (χ2v) is 6.16. The minimum Gasteiger partial charge on any atom is -0.504 e. The second-order valence-electron chi connectivity index (χ2n) is 6.16. The summed E-state index contributed by atoms with van der Waals surface area (Å²) in [5.41, 5.74) is 1.33. The highest BCUT2D eigenvalue weighted by atomic mass is 16.5. The molecule has 0 radical (unpaired) electrons.